The number of aryl methyl sites for hydroxylation is 1. The molecule has 2 aromatic rings. The van der Waals surface area contributed by atoms with Gasteiger partial charge in [-0.1, -0.05) is 0 Å². The summed E-state index contributed by atoms with van der Waals surface area (Å²) in [5.41, 5.74) is 0.644. The van der Waals surface area contributed by atoms with Crippen LogP contribution >= 0.6 is 22.6 Å². The SMILES string of the molecule is Cc1ccc(C=C(C#N)C(=O)Nc2ccc(I)cc2)o1. The van der Waals surface area contributed by atoms with Crippen molar-refractivity contribution >= 4 is 40.3 Å². The average molecular weight is 378 g/mol. The second-order valence-electron chi connectivity index (χ2n) is 4.08. The number of halogens is 1. The van der Waals surface area contributed by atoms with Crippen LogP contribution in [0.15, 0.2) is 46.4 Å². The lowest BCUT2D eigenvalue weighted by atomic mass is 10.2. The molecule has 0 aliphatic heterocycles. The van der Waals surface area contributed by atoms with Gasteiger partial charge < -0.3 is 9.73 Å². The molecular weight excluding hydrogens is 367 g/mol. The van der Waals surface area contributed by atoms with E-state index >= 15 is 0 Å². The topological polar surface area (TPSA) is 66.0 Å². The summed E-state index contributed by atoms with van der Waals surface area (Å²) in [6, 6.07) is 12.7. The predicted octanol–water partition coefficient (Wildman–Crippen LogP) is 3.74. The zero-order valence-corrected chi connectivity index (χ0v) is 12.8. The number of carbonyl (C=O) groups excluding carboxylic acids is 1. The number of nitrogens with one attached hydrogen (secondary N) is 1. The summed E-state index contributed by atoms with van der Waals surface area (Å²) in [6.07, 6.45) is 1.43. The zero-order chi connectivity index (χ0) is 14.5. The van der Waals surface area contributed by atoms with Gasteiger partial charge in [-0.2, -0.15) is 5.26 Å². The third-order valence-electron chi connectivity index (χ3n) is 2.51. The first kappa shape index (κ1) is 14.3. The number of benzene rings is 1. The molecule has 1 amide bonds. The van der Waals surface area contributed by atoms with Gasteiger partial charge in [-0.25, -0.2) is 0 Å². The maximum absolute atomic E-state index is 12.0. The van der Waals surface area contributed by atoms with Crippen LogP contribution < -0.4 is 5.32 Å². The third-order valence-corrected chi connectivity index (χ3v) is 3.23. The van der Waals surface area contributed by atoms with Gasteiger partial charge in [0.2, 0.25) is 0 Å². The van der Waals surface area contributed by atoms with Gasteiger partial charge in [0.25, 0.3) is 5.91 Å². The second kappa shape index (κ2) is 6.39. The standard InChI is InChI=1S/C15H11IN2O2/c1-10-2-7-14(20-10)8-11(9-17)15(19)18-13-5-3-12(16)4-6-13/h2-8H,1H3,(H,18,19). The number of nitrogens with zero attached hydrogens (tertiary/aromatic N) is 1. The van der Waals surface area contributed by atoms with Crippen LogP contribution in [-0.4, -0.2) is 5.91 Å². The largest absolute Gasteiger partial charge is 0.462 e. The smallest absolute Gasteiger partial charge is 0.266 e. The van der Waals surface area contributed by atoms with Gasteiger partial charge in [0.1, 0.15) is 23.2 Å². The van der Waals surface area contributed by atoms with E-state index in [4.69, 9.17) is 9.68 Å². The predicted molar refractivity (Wildman–Crippen MR) is 84.8 cm³/mol. The van der Waals surface area contributed by atoms with E-state index in [1.165, 1.54) is 6.08 Å². The average Bonchev–Trinajstić information content (AvgIpc) is 2.84. The van der Waals surface area contributed by atoms with Crippen LogP contribution in [0.1, 0.15) is 11.5 Å². The Hall–Kier alpha value is -2.07. The normalized spacial score (nSPS) is 10.9. The van der Waals surface area contributed by atoms with E-state index in [9.17, 15) is 4.79 Å². The Morgan fingerprint density at radius 3 is 2.55 bits per heavy atom. The highest BCUT2D eigenvalue weighted by Crippen LogP contribution is 2.14. The van der Waals surface area contributed by atoms with Gasteiger partial charge in [-0.3, -0.25) is 4.79 Å². The number of hydrogen-bond donors (Lipinski definition) is 1. The first-order valence-electron chi connectivity index (χ1n) is 5.83. The van der Waals surface area contributed by atoms with Gasteiger partial charge in [0.05, 0.1) is 0 Å². The number of rotatable bonds is 3. The fourth-order valence-electron chi connectivity index (χ4n) is 1.55. The summed E-state index contributed by atoms with van der Waals surface area (Å²) >= 11 is 2.18. The van der Waals surface area contributed by atoms with E-state index in [0.29, 0.717) is 11.4 Å². The summed E-state index contributed by atoms with van der Waals surface area (Å²) in [6.45, 7) is 1.80. The molecule has 0 unspecified atom stereocenters. The summed E-state index contributed by atoms with van der Waals surface area (Å²) in [5.74, 6) is 0.756. The Balaban J connectivity index is 2.16. The Morgan fingerprint density at radius 2 is 2.00 bits per heavy atom. The lowest BCUT2D eigenvalue weighted by Gasteiger charge is -2.03. The molecule has 20 heavy (non-hydrogen) atoms. The molecule has 1 aromatic heterocycles. The maximum Gasteiger partial charge on any atom is 0.266 e. The minimum atomic E-state index is -0.456. The second-order valence-corrected chi connectivity index (χ2v) is 5.32. The minimum absolute atomic E-state index is 0.00194. The number of hydrogen-bond acceptors (Lipinski definition) is 3. The molecule has 0 spiro atoms. The number of anilines is 1. The first-order chi connectivity index (χ1) is 9.58. The maximum atomic E-state index is 12.0. The number of furan rings is 1. The summed E-state index contributed by atoms with van der Waals surface area (Å²) in [7, 11) is 0. The molecule has 0 atom stereocenters. The molecule has 4 nitrogen and oxygen atoms in total. The Labute approximate surface area is 130 Å². The van der Waals surface area contributed by atoms with Gasteiger partial charge in [0.15, 0.2) is 0 Å². The highest BCUT2D eigenvalue weighted by atomic mass is 127. The van der Waals surface area contributed by atoms with E-state index in [-0.39, 0.29) is 5.57 Å². The molecule has 0 saturated carbocycles. The van der Waals surface area contributed by atoms with E-state index < -0.39 is 5.91 Å². The van der Waals surface area contributed by atoms with E-state index in [1.54, 1.807) is 31.2 Å². The molecule has 0 aliphatic carbocycles. The van der Waals surface area contributed by atoms with Crippen molar-refractivity contribution in [2.45, 2.75) is 6.92 Å². The van der Waals surface area contributed by atoms with Crippen LogP contribution in [0.2, 0.25) is 0 Å². The van der Waals surface area contributed by atoms with Crippen LogP contribution in [0.25, 0.3) is 6.08 Å². The fraction of sp³-hybridized carbons (Fsp3) is 0.0667. The van der Waals surface area contributed by atoms with Crippen LogP contribution in [0.4, 0.5) is 5.69 Å². The molecule has 0 fully saturated rings. The van der Waals surface area contributed by atoms with Crippen LogP contribution in [0, 0.1) is 21.8 Å². The zero-order valence-electron chi connectivity index (χ0n) is 10.7. The molecule has 0 bridgehead atoms. The lowest BCUT2D eigenvalue weighted by molar-refractivity contribution is -0.112. The number of nitriles is 1. The highest BCUT2D eigenvalue weighted by Gasteiger charge is 2.10. The molecule has 0 saturated heterocycles. The molecule has 0 radical (unpaired) electrons. The summed E-state index contributed by atoms with van der Waals surface area (Å²) in [4.78, 5) is 12.0. The lowest BCUT2D eigenvalue weighted by Crippen LogP contribution is -2.13. The number of carbonyl (C=O) groups is 1. The Kier molecular flexibility index (Phi) is 4.58. The van der Waals surface area contributed by atoms with E-state index in [2.05, 4.69) is 27.9 Å². The third kappa shape index (κ3) is 3.71. The van der Waals surface area contributed by atoms with Crippen molar-refractivity contribution in [2.75, 3.05) is 5.32 Å². The van der Waals surface area contributed by atoms with Gasteiger partial charge in [0, 0.05) is 15.3 Å². The summed E-state index contributed by atoms with van der Waals surface area (Å²) < 4.78 is 6.40. The minimum Gasteiger partial charge on any atom is -0.462 e. The molecule has 1 aromatic carbocycles. The van der Waals surface area contributed by atoms with Gasteiger partial charge >= 0.3 is 0 Å². The molecule has 1 N–H and O–H groups in total. The van der Waals surface area contributed by atoms with Gasteiger partial charge in [-0.05, 0) is 65.9 Å². The first-order valence-corrected chi connectivity index (χ1v) is 6.91. The van der Waals surface area contributed by atoms with Crippen molar-refractivity contribution in [3.8, 4) is 6.07 Å². The van der Waals surface area contributed by atoms with E-state index in [0.717, 1.165) is 9.33 Å². The van der Waals surface area contributed by atoms with Gasteiger partial charge in [-0.15, -0.1) is 0 Å². The van der Waals surface area contributed by atoms with Crippen molar-refractivity contribution in [3.05, 3.63) is 57.1 Å². The van der Waals surface area contributed by atoms with Crippen LogP contribution in [0.5, 0.6) is 0 Å². The van der Waals surface area contributed by atoms with Crippen LogP contribution in [0.3, 0.4) is 0 Å². The molecule has 5 heteroatoms. The monoisotopic (exact) mass is 378 g/mol. The van der Waals surface area contributed by atoms with Crippen LogP contribution in [-0.2, 0) is 4.79 Å². The Bertz CT molecular complexity index is 693. The van der Waals surface area contributed by atoms with Crippen molar-refractivity contribution < 1.29 is 9.21 Å². The van der Waals surface area contributed by atoms with Crippen molar-refractivity contribution in [2.24, 2.45) is 0 Å². The molecule has 0 aliphatic rings. The van der Waals surface area contributed by atoms with Crippen molar-refractivity contribution in [1.82, 2.24) is 0 Å². The van der Waals surface area contributed by atoms with Crippen molar-refractivity contribution in [1.29, 1.82) is 5.26 Å². The van der Waals surface area contributed by atoms with Crippen molar-refractivity contribution in [3.63, 3.8) is 0 Å². The quantitative estimate of drug-likeness (QED) is 0.503. The summed E-state index contributed by atoms with van der Waals surface area (Å²) in [5, 5.41) is 11.7. The Morgan fingerprint density at radius 1 is 1.30 bits per heavy atom. The fourth-order valence-corrected chi connectivity index (χ4v) is 1.91. The molecule has 100 valence electrons. The molecule has 2 rings (SSSR count). The molecule has 1 heterocycles. The molecular formula is C15H11IN2O2. The van der Waals surface area contributed by atoms with E-state index in [1.807, 2.05) is 18.2 Å². The highest BCUT2D eigenvalue weighted by molar-refractivity contribution is 14.1. The number of amides is 1.